The van der Waals surface area contributed by atoms with Crippen LogP contribution in [0, 0.1) is 6.92 Å². The van der Waals surface area contributed by atoms with E-state index < -0.39 is 11.7 Å². The summed E-state index contributed by atoms with van der Waals surface area (Å²) < 4.78 is 39.8. The fourth-order valence-corrected chi connectivity index (χ4v) is 2.69. The van der Waals surface area contributed by atoms with Crippen LogP contribution in [0.3, 0.4) is 0 Å². The molecule has 118 valence electrons. The Kier molecular flexibility index (Phi) is 3.72. The van der Waals surface area contributed by atoms with Gasteiger partial charge in [0.1, 0.15) is 17.5 Å². The molecular formula is C13H13ClF3N5. The summed E-state index contributed by atoms with van der Waals surface area (Å²) in [4.78, 5) is 3.80. The molecule has 0 saturated carbocycles. The van der Waals surface area contributed by atoms with Crippen LogP contribution in [0.4, 0.5) is 19.0 Å². The quantitative estimate of drug-likeness (QED) is 0.919. The SMILES string of the molecule is Cc1nnc2n1C[C@H](Nc1ncc(C(F)(F)F)cc1Cl)CC2. The van der Waals surface area contributed by atoms with Crippen molar-refractivity contribution < 1.29 is 13.2 Å². The van der Waals surface area contributed by atoms with Gasteiger partial charge in [-0.25, -0.2) is 4.98 Å². The van der Waals surface area contributed by atoms with Crippen molar-refractivity contribution in [3.63, 3.8) is 0 Å². The van der Waals surface area contributed by atoms with Crippen LogP contribution in [-0.2, 0) is 19.1 Å². The van der Waals surface area contributed by atoms with Crippen molar-refractivity contribution in [1.29, 1.82) is 0 Å². The first kappa shape index (κ1) is 15.1. The lowest BCUT2D eigenvalue weighted by Gasteiger charge is -2.25. The van der Waals surface area contributed by atoms with Gasteiger partial charge in [0, 0.05) is 25.2 Å². The second-order valence-corrected chi connectivity index (χ2v) is 5.61. The summed E-state index contributed by atoms with van der Waals surface area (Å²) in [6.07, 6.45) is -2.13. The van der Waals surface area contributed by atoms with Crippen LogP contribution < -0.4 is 5.32 Å². The highest BCUT2D eigenvalue weighted by molar-refractivity contribution is 6.33. The van der Waals surface area contributed by atoms with E-state index in [0.29, 0.717) is 6.54 Å². The van der Waals surface area contributed by atoms with Crippen LogP contribution in [0.25, 0.3) is 0 Å². The number of nitrogens with one attached hydrogen (secondary N) is 1. The lowest BCUT2D eigenvalue weighted by atomic mass is 10.1. The molecule has 0 unspecified atom stereocenters. The fourth-order valence-electron chi connectivity index (χ4n) is 2.47. The fraction of sp³-hybridized carbons (Fsp3) is 0.462. The number of hydrogen-bond donors (Lipinski definition) is 1. The van der Waals surface area contributed by atoms with Crippen LogP contribution in [0.1, 0.15) is 23.6 Å². The first-order chi connectivity index (χ1) is 10.3. The summed E-state index contributed by atoms with van der Waals surface area (Å²) in [5.41, 5.74) is -0.858. The number of aryl methyl sites for hydroxylation is 2. The second-order valence-electron chi connectivity index (χ2n) is 5.21. The van der Waals surface area contributed by atoms with Gasteiger partial charge < -0.3 is 9.88 Å². The topological polar surface area (TPSA) is 55.6 Å². The number of fused-ring (bicyclic) bond motifs is 1. The van der Waals surface area contributed by atoms with Crippen molar-refractivity contribution in [1.82, 2.24) is 19.7 Å². The Hall–Kier alpha value is -1.83. The maximum absolute atomic E-state index is 12.6. The third-order valence-electron chi connectivity index (χ3n) is 3.64. The largest absolute Gasteiger partial charge is 0.417 e. The highest BCUT2D eigenvalue weighted by Gasteiger charge is 2.32. The van der Waals surface area contributed by atoms with E-state index in [9.17, 15) is 13.2 Å². The zero-order valence-corrected chi connectivity index (χ0v) is 12.4. The maximum Gasteiger partial charge on any atom is 0.417 e. The minimum Gasteiger partial charge on any atom is -0.364 e. The standard InChI is InChI=1S/C13H13ClF3N5/c1-7-20-21-11-3-2-9(6-22(7)11)19-12-10(14)4-8(5-18-12)13(15,16)17/h4-5,9H,2-3,6H2,1H3,(H,18,19)/t9-/m1/s1. The first-order valence-electron chi connectivity index (χ1n) is 6.72. The number of hydrogen-bond acceptors (Lipinski definition) is 4. The van der Waals surface area contributed by atoms with Gasteiger partial charge in [0.05, 0.1) is 10.6 Å². The zero-order chi connectivity index (χ0) is 15.9. The molecule has 22 heavy (non-hydrogen) atoms. The molecule has 0 radical (unpaired) electrons. The number of anilines is 1. The molecular weight excluding hydrogens is 319 g/mol. The highest BCUT2D eigenvalue weighted by atomic mass is 35.5. The van der Waals surface area contributed by atoms with E-state index in [1.807, 2.05) is 11.5 Å². The Bertz CT molecular complexity index is 697. The molecule has 1 atom stereocenters. The lowest BCUT2D eigenvalue weighted by molar-refractivity contribution is -0.137. The number of aromatic nitrogens is 4. The Labute approximate surface area is 129 Å². The molecule has 3 rings (SSSR count). The van der Waals surface area contributed by atoms with Gasteiger partial charge in [-0.05, 0) is 19.4 Å². The van der Waals surface area contributed by atoms with Crippen molar-refractivity contribution in [2.75, 3.05) is 5.32 Å². The number of rotatable bonds is 2. The van der Waals surface area contributed by atoms with E-state index in [1.54, 1.807) is 0 Å². The Morgan fingerprint density at radius 3 is 2.82 bits per heavy atom. The van der Waals surface area contributed by atoms with Gasteiger partial charge in [0.25, 0.3) is 0 Å². The molecule has 5 nitrogen and oxygen atoms in total. The van der Waals surface area contributed by atoms with Crippen molar-refractivity contribution in [2.24, 2.45) is 0 Å². The van der Waals surface area contributed by atoms with Gasteiger partial charge in [-0.3, -0.25) is 0 Å². The van der Waals surface area contributed by atoms with Crippen LogP contribution in [0.15, 0.2) is 12.3 Å². The molecule has 0 amide bonds. The number of nitrogens with zero attached hydrogens (tertiary/aromatic N) is 4. The maximum atomic E-state index is 12.6. The summed E-state index contributed by atoms with van der Waals surface area (Å²) >= 11 is 5.91. The number of alkyl halides is 3. The molecule has 1 N–H and O–H groups in total. The predicted octanol–water partition coefficient (Wildman–Crippen LogP) is 3.08. The second kappa shape index (κ2) is 5.42. The first-order valence-corrected chi connectivity index (χ1v) is 7.10. The number of halogens is 4. The van der Waals surface area contributed by atoms with Crippen molar-refractivity contribution in [3.05, 3.63) is 34.5 Å². The number of pyridine rings is 1. The normalized spacial score (nSPS) is 18.1. The van der Waals surface area contributed by atoms with Gasteiger partial charge in [-0.1, -0.05) is 11.6 Å². The van der Waals surface area contributed by atoms with Gasteiger partial charge in [0.15, 0.2) is 0 Å². The van der Waals surface area contributed by atoms with E-state index >= 15 is 0 Å². The molecule has 0 saturated heterocycles. The van der Waals surface area contributed by atoms with Crippen molar-refractivity contribution in [2.45, 2.75) is 38.5 Å². The van der Waals surface area contributed by atoms with Gasteiger partial charge >= 0.3 is 6.18 Å². The summed E-state index contributed by atoms with van der Waals surface area (Å²) in [6.45, 7) is 2.50. The van der Waals surface area contributed by atoms with Gasteiger partial charge in [-0.15, -0.1) is 10.2 Å². The van der Waals surface area contributed by atoms with Gasteiger partial charge in [-0.2, -0.15) is 13.2 Å². The van der Waals surface area contributed by atoms with E-state index in [2.05, 4.69) is 20.5 Å². The molecule has 9 heteroatoms. The van der Waals surface area contributed by atoms with Crippen LogP contribution in [-0.4, -0.2) is 25.8 Å². The third kappa shape index (κ3) is 2.87. The summed E-state index contributed by atoms with van der Waals surface area (Å²) in [6, 6.07) is 0.902. The summed E-state index contributed by atoms with van der Waals surface area (Å²) in [7, 11) is 0. The molecule has 0 aromatic carbocycles. The Morgan fingerprint density at radius 2 is 2.14 bits per heavy atom. The zero-order valence-electron chi connectivity index (χ0n) is 11.7. The Balaban J connectivity index is 1.76. The average molecular weight is 332 g/mol. The molecule has 1 aliphatic heterocycles. The monoisotopic (exact) mass is 331 g/mol. The summed E-state index contributed by atoms with van der Waals surface area (Å²) in [5, 5.41) is 11.1. The highest BCUT2D eigenvalue weighted by Crippen LogP contribution is 2.32. The molecule has 0 fully saturated rings. The summed E-state index contributed by atoms with van der Waals surface area (Å²) in [5.74, 6) is 1.99. The third-order valence-corrected chi connectivity index (χ3v) is 3.93. The van der Waals surface area contributed by atoms with Gasteiger partial charge in [0.2, 0.25) is 0 Å². The van der Waals surface area contributed by atoms with Crippen LogP contribution in [0.2, 0.25) is 5.02 Å². The van der Waals surface area contributed by atoms with E-state index in [1.165, 1.54) is 0 Å². The van der Waals surface area contributed by atoms with Crippen LogP contribution >= 0.6 is 11.6 Å². The average Bonchev–Trinajstić information content (AvgIpc) is 2.81. The predicted molar refractivity (Wildman–Crippen MR) is 74.7 cm³/mol. The van der Waals surface area contributed by atoms with Crippen LogP contribution in [0.5, 0.6) is 0 Å². The van der Waals surface area contributed by atoms with E-state index in [-0.39, 0.29) is 16.9 Å². The smallest absolute Gasteiger partial charge is 0.364 e. The van der Waals surface area contributed by atoms with E-state index in [4.69, 9.17) is 11.6 Å². The molecule has 3 heterocycles. The molecule has 2 aromatic heterocycles. The lowest BCUT2D eigenvalue weighted by Crippen LogP contribution is -2.32. The molecule has 0 spiro atoms. The van der Waals surface area contributed by atoms with E-state index in [0.717, 1.165) is 36.8 Å². The Morgan fingerprint density at radius 1 is 1.36 bits per heavy atom. The van der Waals surface area contributed by atoms with Crippen molar-refractivity contribution >= 4 is 17.4 Å². The molecule has 0 bridgehead atoms. The van der Waals surface area contributed by atoms with Crippen molar-refractivity contribution in [3.8, 4) is 0 Å². The molecule has 2 aromatic rings. The minimum atomic E-state index is -4.45. The molecule has 0 aliphatic carbocycles. The molecule has 1 aliphatic rings. The minimum absolute atomic E-state index is 0.0175.